The Morgan fingerprint density at radius 1 is 0.933 bits per heavy atom. The molecule has 0 radical (unpaired) electrons. The van der Waals surface area contributed by atoms with Gasteiger partial charge in [-0.2, -0.15) is 4.57 Å². The first-order valence-electron chi connectivity index (χ1n) is 10.4. The number of benzene rings is 2. The number of unbranched alkanes of at least 4 members (excludes halogenated alkanes) is 1. The summed E-state index contributed by atoms with van der Waals surface area (Å²) in [6, 6.07) is 18.8. The van der Waals surface area contributed by atoms with Gasteiger partial charge in [0.1, 0.15) is 6.54 Å². The fraction of sp³-hybridized carbons (Fsp3) is 0.320. The monoisotopic (exact) mass is 458 g/mol. The Kier molecular flexibility index (Phi) is 8.70. The number of halogens is 1. The van der Waals surface area contributed by atoms with Crippen molar-refractivity contribution in [1.29, 1.82) is 0 Å². The third kappa shape index (κ3) is 6.52. The zero-order chi connectivity index (χ0) is 21.4. The molecule has 5 heteroatoms. The van der Waals surface area contributed by atoms with Gasteiger partial charge in [0.05, 0.1) is 32.9 Å². The summed E-state index contributed by atoms with van der Waals surface area (Å²) >= 11 is 10.6. The molecule has 2 nitrogen and oxygen atoms in total. The summed E-state index contributed by atoms with van der Waals surface area (Å²) < 4.78 is 3.40. The normalized spacial score (nSPS) is 12.1. The van der Waals surface area contributed by atoms with Gasteiger partial charge in [0.25, 0.3) is 0 Å². The standard InChI is InChI=1S/C25H30ClN2S2/c1-28(2,19-20-30-29)18-8-7-17-27-16-6-5-9-22(27)14-12-21-13-15-25(26)24-11-4-3-10-23(21)24/h3-6,9-16H,7-8,17-20H2,1-2H3/q+1/p+1/b14-12+. The highest BCUT2D eigenvalue weighted by Crippen LogP contribution is 2.27. The molecule has 0 spiro atoms. The Balaban J connectivity index is 1.67. The van der Waals surface area contributed by atoms with Crippen molar-refractivity contribution in [3.05, 3.63) is 77.1 Å². The SMILES string of the molecule is C[N+](C)(CCCC[n+]1ccccc1/C=C/c1ccc(Cl)c2ccccc12)CCSS. The van der Waals surface area contributed by atoms with Gasteiger partial charge in [0, 0.05) is 41.5 Å². The number of aromatic nitrogens is 1. The summed E-state index contributed by atoms with van der Waals surface area (Å²) in [7, 11) is 6.25. The number of aryl methyl sites for hydroxylation is 1. The Bertz CT molecular complexity index is 1000. The van der Waals surface area contributed by atoms with E-state index in [9.17, 15) is 0 Å². The Hall–Kier alpha value is -1.46. The maximum atomic E-state index is 6.37. The molecule has 1 heterocycles. The number of hydrogen-bond donors (Lipinski definition) is 1. The van der Waals surface area contributed by atoms with Crippen molar-refractivity contribution in [3.63, 3.8) is 0 Å². The maximum Gasteiger partial charge on any atom is 0.205 e. The Labute approximate surface area is 195 Å². The van der Waals surface area contributed by atoms with Crippen LogP contribution in [0, 0.1) is 0 Å². The predicted molar refractivity (Wildman–Crippen MR) is 137 cm³/mol. The van der Waals surface area contributed by atoms with E-state index in [1.165, 1.54) is 36.0 Å². The molecular formula is C25H31ClN2S2+2. The van der Waals surface area contributed by atoms with Crippen LogP contribution in [-0.4, -0.2) is 37.4 Å². The van der Waals surface area contributed by atoms with E-state index < -0.39 is 0 Å². The van der Waals surface area contributed by atoms with Crippen molar-refractivity contribution in [3.8, 4) is 0 Å². The first-order valence-corrected chi connectivity index (χ1v) is 12.8. The number of quaternary nitrogens is 1. The zero-order valence-electron chi connectivity index (χ0n) is 17.8. The van der Waals surface area contributed by atoms with Crippen LogP contribution < -0.4 is 4.57 Å². The lowest BCUT2D eigenvalue weighted by atomic mass is 10.0. The fourth-order valence-corrected chi connectivity index (χ4v) is 4.72. The van der Waals surface area contributed by atoms with E-state index in [2.05, 4.69) is 91.1 Å². The smallest absolute Gasteiger partial charge is 0.205 e. The molecule has 0 fully saturated rings. The summed E-state index contributed by atoms with van der Waals surface area (Å²) in [5.74, 6) is 1.10. The number of fused-ring (bicyclic) bond motifs is 1. The quantitative estimate of drug-likeness (QED) is 0.121. The van der Waals surface area contributed by atoms with Gasteiger partial charge in [0.15, 0.2) is 6.20 Å². The zero-order valence-corrected chi connectivity index (χ0v) is 20.3. The van der Waals surface area contributed by atoms with Crippen LogP contribution in [0.4, 0.5) is 0 Å². The molecule has 158 valence electrons. The third-order valence-electron chi connectivity index (χ3n) is 5.51. The van der Waals surface area contributed by atoms with E-state index in [1.807, 2.05) is 12.1 Å². The topological polar surface area (TPSA) is 3.88 Å². The highest BCUT2D eigenvalue weighted by Gasteiger charge is 2.15. The molecule has 1 aromatic heterocycles. The van der Waals surface area contributed by atoms with E-state index in [0.29, 0.717) is 0 Å². The van der Waals surface area contributed by atoms with Gasteiger partial charge in [-0.1, -0.05) is 52.7 Å². The van der Waals surface area contributed by atoms with Crippen molar-refractivity contribution >= 4 is 57.0 Å². The second-order valence-electron chi connectivity index (χ2n) is 8.26. The molecular weight excluding hydrogens is 428 g/mol. The van der Waals surface area contributed by atoms with Gasteiger partial charge in [-0.3, -0.25) is 0 Å². The molecule has 2 aromatic carbocycles. The number of thiol groups is 1. The molecule has 0 atom stereocenters. The lowest BCUT2D eigenvalue weighted by molar-refractivity contribution is -0.888. The van der Waals surface area contributed by atoms with Gasteiger partial charge in [-0.05, 0) is 29.2 Å². The third-order valence-corrected chi connectivity index (χ3v) is 6.76. The Morgan fingerprint density at radius 3 is 2.50 bits per heavy atom. The summed E-state index contributed by atoms with van der Waals surface area (Å²) in [6.07, 6.45) is 8.97. The molecule has 0 aliphatic heterocycles. The van der Waals surface area contributed by atoms with Crippen LogP contribution in [0.25, 0.3) is 22.9 Å². The lowest BCUT2D eigenvalue weighted by Gasteiger charge is -2.29. The molecule has 0 aliphatic carbocycles. The minimum atomic E-state index is 0.798. The molecule has 0 N–H and O–H groups in total. The van der Waals surface area contributed by atoms with Crippen molar-refractivity contribution in [1.82, 2.24) is 0 Å². The van der Waals surface area contributed by atoms with Crippen LogP contribution in [-0.2, 0) is 6.54 Å². The molecule has 30 heavy (non-hydrogen) atoms. The van der Waals surface area contributed by atoms with E-state index in [1.54, 1.807) is 10.8 Å². The van der Waals surface area contributed by atoms with Crippen LogP contribution in [0.2, 0.25) is 5.02 Å². The number of hydrogen-bond acceptors (Lipinski definition) is 2. The van der Waals surface area contributed by atoms with Crippen molar-refractivity contribution < 1.29 is 9.05 Å². The van der Waals surface area contributed by atoms with Crippen LogP contribution in [0.15, 0.2) is 60.8 Å². The molecule has 0 unspecified atom stereocenters. The van der Waals surface area contributed by atoms with Crippen molar-refractivity contribution in [2.24, 2.45) is 0 Å². The van der Waals surface area contributed by atoms with Gasteiger partial charge in [-0.15, -0.1) is 11.7 Å². The average molecular weight is 459 g/mol. The van der Waals surface area contributed by atoms with Gasteiger partial charge >= 0.3 is 0 Å². The molecule has 0 saturated heterocycles. The first-order chi connectivity index (χ1) is 14.5. The molecule has 0 aliphatic rings. The van der Waals surface area contributed by atoms with E-state index in [-0.39, 0.29) is 0 Å². The largest absolute Gasteiger partial charge is 0.328 e. The minimum absolute atomic E-state index is 0.798. The average Bonchev–Trinajstić information content (AvgIpc) is 2.76. The second-order valence-corrected chi connectivity index (χ2v) is 10.1. The van der Waals surface area contributed by atoms with E-state index >= 15 is 0 Å². The summed E-state index contributed by atoms with van der Waals surface area (Å²) in [4.78, 5) is 0. The number of pyridine rings is 1. The predicted octanol–water partition coefficient (Wildman–Crippen LogP) is 6.39. The van der Waals surface area contributed by atoms with Crippen LogP contribution in [0.3, 0.4) is 0 Å². The van der Waals surface area contributed by atoms with Gasteiger partial charge in [-0.25, -0.2) is 0 Å². The summed E-state index contributed by atoms with van der Waals surface area (Å²) in [6.45, 7) is 3.39. The molecule has 3 rings (SSSR count). The van der Waals surface area contributed by atoms with Crippen LogP contribution >= 0.6 is 34.1 Å². The molecule has 0 amide bonds. The summed E-state index contributed by atoms with van der Waals surface area (Å²) in [5.41, 5.74) is 2.41. The van der Waals surface area contributed by atoms with Crippen molar-refractivity contribution in [2.75, 3.05) is 32.9 Å². The van der Waals surface area contributed by atoms with Crippen LogP contribution in [0.5, 0.6) is 0 Å². The van der Waals surface area contributed by atoms with E-state index in [4.69, 9.17) is 11.6 Å². The number of nitrogens with zero attached hydrogens (tertiary/aromatic N) is 2. The van der Waals surface area contributed by atoms with E-state index in [0.717, 1.165) is 33.7 Å². The molecule has 3 aromatic rings. The van der Waals surface area contributed by atoms with Gasteiger partial charge < -0.3 is 4.48 Å². The first kappa shape index (κ1) is 23.2. The lowest BCUT2D eigenvalue weighted by Crippen LogP contribution is -2.43. The van der Waals surface area contributed by atoms with Gasteiger partial charge in [0.2, 0.25) is 5.69 Å². The molecule has 0 saturated carbocycles. The fourth-order valence-electron chi connectivity index (χ4n) is 3.67. The van der Waals surface area contributed by atoms with Crippen molar-refractivity contribution in [2.45, 2.75) is 19.4 Å². The number of rotatable bonds is 10. The highest BCUT2D eigenvalue weighted by molar-refractivity contribution is 8.68. The highest BCUT2D eigenvalue weighted by atomic mass is 35.5. The second kappa shape index (κ2) is 11.2. The molecule has 0 bridgehead atoms. The minimum Gasteiger partial charge on any atom is -0.328 e. The van der Waals surface area contributed by atoms with Crippen LogP contribution in [0.1, 0.15) is 24.1 Å². The maximum absolute atomic E-state index is 6.37. The Morgan fingerprint density at radius 2 is 1.70 bits per heavy atom. The summed E-state index contributed by atoms with van der Waals surface area (Å²) in [5, 5.41) is 3.08.